The van der Waals surface area contributed by atoms with E-state index in [1.54, 1.807) is 0 Å². The lowest BCUT2D eigenvalue weighted by atomic mass is 10.2. The van der Waals surface area contributed by atoms with E-state index in [-0.39, 0.29) is 19.1 Å². The first-order valence-electron chi connectivity index (χ1n) is 6.25. The quantitative estimate of drug-likeness (QED) is 0.718. The molecule has 1 aliphatic heterocycles. The standard InChI is InChI=1S/C12H21NO4/c1-3-9-5-6-10(13(9)4-2)17-12(16)8-7-11(14)15/h9-10H,3-8H2,1-2H3,(H,14,15). The van der Waals surface area contributed by atoms with E-state index >= 15 is 0 Å². The topological polar surface area (TPSA) is 66.8 Å². The first kappa shape index (κ1) is 14.0. The molecule has 1 heterocycles. The number of aliphatic carboxylic acids is 1. The van der Waals surface area contributed by atoms with Gasteiger partial charge in [0.25, 0.3) is 0 Å². The second kappa shape index (κ2) is 6.59. The van der Waals surface area contributed by atoms with Gasteiger partial charge in [0.2, 0.25) is 0 Å². The third-order valence-corrected chi connectivity index (χ3v) is 3.23. The summed E-state index contributed by atoms with van der Waals surface area (Å²) >= 11 is 0. The molecule has 0 amide bonds. The Kier molecular flexibility index (Phi) is 5.41. The van der Waals surface area contributed by atoms with E-state index in [1.807, 2.05) is 6.92 Å². The highest BCUT2D eigenvalue weighted by atomic mass is 16.6. The highest BCUT2D eigenvalue weighted by Crippen LogP contribution is 2.26. The van der Waals surface area contributed by atoms with Gasteiger partial charge in [0, 0.05) is 6.04 Å². The summed E-state index contributed by atoms with van der Waals surface area (Å²) in [5, 5.41) is 8.48. The molecule has 5 nitrogen and oxygen atoms in total. The highest BCUT2D eigenvalue weighted by Gasteiger charge is 2.33. The zero-order valence-corrected chi connectivity index (χ0v) is 10.5. The Labute approximate surface area is 102 Å². The van der Waals surface area contributed by atoms with Crippen LogP contribution < -0.4 is 0 Å². The molecular formula is C12H21NO4. The molecule has 98 valence electrons. The van der Waals surface area contributed by atoms with Crippen LogP contribution in [0.5, 0.6) is 0 Å². The van der Waals surface area contributed by atoms with Gasteiger partial charge < -0.3 is 9.84 Å². The van der Waals surface area contributed by atoms with Crippen LogP contribution in [-0.4, -0.2) is 40.8 Å². The zero-order chi connectivity index (χ0) is 12.8. The van der Waals surface area contributed by atoms with Crippen molar-refractivity contribution in [3.63, 3.8) is 0 Å². The van der Waals surface area contributed by atoms with E-state index < -0.39 is 11.9 Å². The fourth-order valence-corrected chi connectivity index (χ4v) is 2.35. The van der Waals surface area contributed by atoms with Crippen LogP contribution in [0.15, 0.2) is 0 Å². The molecule has 0 aromatic heterocycles. The fraction of sp³-hybridized carbons (Fsp3) is 0.833. The second-order valence-corrected chi connectivity index (χ2v) is 4.31. The summed E-state index contributed by atoms with van der Waals surface area (Å²) in [5.41, 5.74) is 0. The molecule has 1 fully saturated rings. The number of carbonyl (C=O) groups excluding carboxylic acids is 1. The first-order chi connectivity index (χ1) is 8.08. The minimum absolute atomic E-state index is 0.0415. The van der Waals surface area contributed by atoms with Crippen LogP contribution in [0, 0.1) is 0 Å². The van der Waals surface area contributed by atoms with Crippen molar-refractivity contribution in [3.8, 4) is 0 Å². The maximum Gasteiger partial charge on any atom is 0.307 e. The molecule has 0 spiro atoms. The summed E-state index contributed by atoms with van der Waals surface area (Å²) in [7, 11) is 0. The number of rotatable bonds is 6. The maximum atomic E-state index is 11.4. The Morgan fingerprint density at radius 1 is 1.29 bits per heavy atom. The minimum atomic E-state index is -0.966. The van der Waals surface area contributed by atoms with Crippen molar-refractivity contribution in [2.45, 2.75) is 58.2 Å². The Morgan fingerprint density at radius 2 is 2.00 bits per heavy atom. The molecule has 0 aromatic carbocycles. The number of hydrogen-bond acceptors (Lipinski definition) is 4. The van der Waals surface area contributed by atoms with Crippen molar-refractivity contribution < 1.29 is 19.4 Å². The Morgan fingerprint density at radius 3 is 2.53 bits per heavy atom. The van der Waals surface area contributed by atoms with E-state index in [0.717, 1.165) is 25.8 Å². The molecule has 2 unspecified atom stereocenters. The van der Waals surface area contributed by atoms with E-state index in [4.69, 9.17) is 9.84 Å². The third kappa shape index (κ3) is 4.00. The minimum Gasteiger partial charge on any atom is -0.481 e. The summed E-state index contributed by atoms with van der Waals surface area (Å²) in [6.07, 6.45) is 2.59. The van der Waals surface area contributed by atoms with Gasteiger partial charge in [-0.25, -0.2) is 0 Å². The Bertz CT molecular complexity index is 280. The van der Waals surface area contributed by atoms with Crippen molar-refractivity contribution in [2.75, 3.05) is 6.54 Å². The molecule has 0 bridgehead atoms. The molecule has 1 aliphatic rings. The number of carbonyl (C=O) groups is 2. The van der Waals surface area contributed by atoms with Crippen molar-refractivity contribution in [1.82, 2.24) is 4.90 Å². The maximum absolute atomic E-state index is 11.4. The smallest absolute Gasteiger partial charge is 0.307 e. The van der Waals surface area contributed by atoms with Crippen molar-refractivity contribution in [2.24, 2.45) is 0 Å². The average Bonchev–Trinajstić information content (AvgIpc) is 2.68. The van der Waals surface area contributed by atoms with Crippen LogP contribution in [0.3, 0.4) is 0 Å². The number of hydrogen-bond donors (Lipinski definition) is 1. The molecule has 1 saturated heterocycles. The monoisotopic (exact) mass is 243 g/mol. The van der Waals surface area contributed by atoms with Gasteiger partial charge in [-0.1, -0.05) is 13.8 Å². The predicted molar refractivity (Wildman–Crippen MR) is 62.4 cm³/mol. The van der Waals surface area contributed by atoms with Crippen LogP contribution in [-0.2, 0) is 14.3 Å². The Balaban J connectivity index is 2.40. The molecule has 0 aliphatic carbocycles. The van der Waals surface area contributed by atoms with Gasteiger partial charge in [0.05, 0.1) is 12.8 Å². The molecular weight excluding hydrogens is 222 g/mol. The lowest BCUT2D eigenvalue weighted by Crippen LogP contribution is -2.38. The van der Waals surface area contributed by atoms with Gasteiger partial charge in [-0.05, 0) is 25.8 Å². The third-order valence-electron chi connectivity index (χ3n) is 3.23. The summed E-state index contributed by atoms with van der Waals surface area (Å²) < 4.78 is 5.32. The van der Waals surface area contributed by atoms with Crippen LogP contribution in [0.4, 0.5) is 0 Å². The van der Waals surface area contributed by atoms with E-state index in [1.165, 1.54) is 0 Å². The number of nitrogens with zero attached hydrogens (tertiary/aromatic N) is 1. The molecule has 5 heteroatoms. The first-order valence-corrected chi connectivity index (χ1v) is 6.25. The number of likely N-dealkylation sites (tertiary alicyclic amines) is 1. The summed E-state index contributed by atoms with van der Waals surface area (Å²) in [5.74, 6) is -1.38. The van der Waals surface area contributed by atoms with Gasteiger partial charge in [-0.3, -0.25) is 14.5 Å². The van der Waals surface area contributed by atoms with Gasteiger partial charge in [0.15, 0.2) is 6.23 Å². The van der Waals surface area contributed by atoms with Gasteiger partial charge in [0.1, 0.15) is 0 Å². The highest BCUT2D eigenvalue weighted by molar-refractivity contribution is 5.76. The summed E-state index contributed by atoms with van der Waals surface area (Å²) in [6.45, 7) is 5.03. The van der Waals surface area contributed by atoms with Gasteiger partial charge >= 0.3 is 11.9 Å². The van der Waals surface area contributed by atoms with E-state index in [0.29, 0.717) is 6.04 Å². The molecule has 17 heavy (non-hydrogen) atoms. The number of esters is 1. The summed E-state index contributed by atoms with van der Waals surface area (Å²) in [6, 6.07) is 0.484. The molecule has 0 saturated carbocycles. The van der Waals surface area contributed by atoms with Crippen molar-refractivity contribution in [3.05, 3.63) is 0 Å². The lowest BCUT2D eigenvalue weighted by molar-refractivity contribution is -0.159. The average molecular weight is 243 g/mol. The lowest BCUT2D eigenvalue weighted by Gasteiger charge is -2.27. The molecule has 1 N–H and O–H groups in total. The zero-order valence-electron chi connectivity index (χ0n) is 10.5. The van der Waals surface area contributed by atoms with Gasteiger partial charge in [-0.2, -0.15) is 0 Å². The normalized spacial score (nSPS) is 24.8. The molecule has 1 rings (SSSR count). The largest absolute Gasteiger partial charge is 0.481 e. The van der Waals surface area contributed by atoms with Crippen LogP contribution >= 0.6 is 0 Å². The van der Waals surface area contributed by atoms with Crippen LogP contribution in [0.2, 0.25) is 0 Å². The fourth-order valence-electron chi connectivity index (χ4n) is 2.35. The van der Waals surface area contributed by atoms with Gasteiger partial charge in [-0.15, -0.1) is 0 Å². The number of ether oxygens (including phenoxy) is 1. The molecule has 0 radical (unpaired) electrons. The SMILES string of the molecule is CCC1CCC(OC(=O)CCC(=O)O)N1CC. The van der Waals surface area contributed by atoms with E-state index in [9.17, 15) is 9.59 Å². The Hall–Kier alpha value is -1.10. The summed E-state index contributed by atoms with van der Waals surface area (Å²) in [4.78, 5) is 24.0. The van der Waals surface area contributed by atoms with Crippen molar-refractivity contribution >= 4 is 11.9 Å². The molecule has 0 aromatic rings. The second-order valence-electron chi connectivity index (χ2n) is 4.31. The predicted octanol–water partition coefficient (Wildman–Crippen LogP) is 1.61. The molecule has 2 atom stereocenters. The number of carboxylic acid groups (broad SMARTS) is 1. The number of carboxylic acids is 1. The van der Waals surface area contributed by atoms with Crippen LogP contribution in [0.25, 0.3) is 0 Å². The van der Waals surface area contributed by atoms with Crippen LogP contribution in [0.1, 0.15) is 46.0 Å². The van der Waals surface area contributed by atoms with E-state index in [2.05, 4.69) is 11.8 Å². The van der Waals surface area contributed by atoms with Crippen molar-refractivity contribution in [1.29, 1.82) is 0 Å².